The summed E-state index contributed by atoms with van der Waals surface area (Å²) in [5.41, 5.74) is 0.550. The number of halogens is 1. The van der Waals surface area contributed by atoms with E-state index < -0.39 is 23.8 Å². The van der Waals surface area contributed by atoms with Crippen molar-refractivity contribution in [3.63, 3.8) is 0 Å². The molecule has 1 saturated carbocycles. The molecule has 0 radical (unpaired) electrons. The zero-order valence-corrected chi connectivity index (χ0v) is 21.4. The maximum Gasteiger partial charge on any atom is 0.407 e. The first-order chi connectivity index (χ1) is 17.3. The Morgan fingerprint density at radius 2 is 1.86 bits per heavy atom. The highest BCUT2D eigenvalue weighted by molar-refractivity contribution is 6.38. The summed E-state index contributed by atoms with van der Waals surface area (Å²) in [4.78, 5) is 46.0. The van der Waals surface area contributed by atoms with Gasteiger partial charge in [0, 0.05) is 17.7 Å². The standard InChI is InChI=1S/C26H33ClN4O5/c1-3-4-11-20(22(32)23(33)29-18(2)19-9-6-5-7-10-19)30-25(34)36-17-26(13-8-14-26)16-35-21-12-15-28-24(27)31-21/h5-7,9-10,12,15,18,20H,3-4,8,11,13-14,16-17H2,1-2H3,(H,29,33)(H,30,34)/t18-,20+/m1/s1. The average Bonchev–Trinajstić information content (AvgIpc) is 2.85. The highest BCUT2D eigenvalue weighted by Gasteiger charge is 2.40. The highest BCUT2D eigenvalue weighted by Crippen LogP contribution is 2.41. The quantitative estimate of drug-likeness (QED) is 0.299. The van der Waals surface area contributed by atoms with Crippen molar-refractivity contribution >= 4 is 29.4 Å². The van der Waals surface area contributed by atoms with Crippen LogP contribution in [0, 0.1) is 5.41 Å². The van der Waals surface area contributed by atoms with Crippen LogP contribution in [0.3, 0.4) is 0 Å². The van der Waals surface area contributed by atoms with E-state index in [9.17, 15) is 14.4 Å². The van der Waals surface area contributed by atoms with Crippen molar-refractivity contribution in [3.8, 4) is 5.88 Å². The third-order valence-corrected chi connectivity index (χ3v) is 6.56. The van der Waals surface area contributed by atoms with Crippen molar-refractivity contribution in [2.45, 2.75) is 64.5 Å². The molecule has 0 aliphatic heterocycles. The van der Waals surface area contributed by atoms with Gasteiger partial charge in [0.05, 0.1) is 12.6 Å². The summed E-state index contributed by atoms with van der Waals surface area (Å²) >= 11 is 5.80. The predicted molar refractivity (Wildman–Crippen MR) is 135 cm³/mol. The number of alkyl carbamates (subject to hydrolysis) is 1. The summed E-state index contributed by atoms with van der Waals surface area (Å²) in [6.45, 7) is 4.22. The lowest BCUT2D eigenvalue weighted by molar-refractivity contribution is -0.139. The number of nitrogens with one attached hydrogen (secondary N) is 2. The van der Waals surface area contributed by atoms with Gasteiger partial charge in [-0.25, -0.2) is 9.78 Å². The van der Waals surface area contributed by atoms with E-state index in [-0.39, 0.29) is 23.3 Å². The number of amides is 2. The molecule has 3 rings (SSSR count). The number of carbonyl (C=O) groups excluding carboxylic acids is 3. The number of aromatic nitrogens is 2. The summed E-state index contributed by atoms with van der Waals surface area (Å²) in [7, 11) is 0. The second kappa shape index (κ2) is 13.2. The lowest BCUT2D eigenvalue weighted by Crippen LogP contribution is -2.49. The van der Waals surface area contributed by atoms with Crippen molar-refractivity contribution in [1.82, 2.24) is 20.6 Å². The minimum atomic E-state index is -0.961. The monoisotopic (exact) mass is 516 g/mol. The van der Waals surface area contributed by atoms with Crippen LogP contribution in [0.1, 0.15) is 64.0 Å². The van der Waals surface area contributed by atoms with Gasteiger partial charge in [0.1, 0.15) is 12.6 Å². The third-order valence-electron chi connectivity index (χ3n) is 6.38. The molecule has 36 heavy (non-hydrogen) atoms. The smallest absolute Gasteiger partial charge is 0.407 e. The second-order valence-corrected chi connectivity index (χ2v) is 9.53. The fourth-order valence-electron chi connectivity index (χ4n) is 3.96. The first-order valence-electron chi connectivity index (χ1n) is 12.3. The van der Waals surface area contributed by atoms with E-state index in [0.717, 1.165) is 31.2 Å². The van der Waals surface area contributed by atoms with Crippen LogP contribution in [0.15, 0.2) is 42.6 Å². The molecule has 2 atom stereocenters. The van der Waals surface area contributed by atoms with Crippen LogP contribution in [0.2, 0.25) is 5.28 Å². The molecule has 1 fully saturated rings. The van der Waals surface area contributed by atoms with Gasteiger partial charge in [0.25, 0.3) is 5.91 Å². The van der Waals surface area contributed by atoms with Crippen LogP contribution >= 0.6 is 11.6 Å². The first-order valence-corrected chi connectivity index (χ1v) is 12.6. The van der Waals surface area contributed by atoms with E-state index >= 15 is 0 Å². The maximum atomic E-state index is 12.9. The zero-order chi connectivity index (χ0) is 26.0. The SMILES string of the molecule is CCCC[C@H](NC(=O)OCC1(COc2ccnc(Cl)n2)CCC1)C(=O)C(=O)N[C@H](C)c1ccccc1. The molecule has 1 aliphatic carbocycles. The van der Waals surface area contributed by atoms with Crippen LogP contribution < -0.4 is 15.4 Å². The van der Waals surface area contributed by atoms with Gasteiger partial charge in [-0.3, -0.25) is 9.59 Å². The van der Waals surface area contributed by atoms with Crippen LogP contribution in [0.25, 0.3) is 0 Å². The molecule has 1 aromatic carbocycles. The Bertz CT molecular complexity index is 1030. The molecule has 0 spiro atoms. The molecule has 9 nitrogen and oxygen atoms in total. The number of nitrogens with zero attached hydrogens (tertiary/aromatic N) is 2. The molecular weight excluding hydrogens is 484 g/mol. The molecule has 1 aromatic heterocycles. The van der Waals surface area contributed by atoms with Gasteiger partial charge < -0.3 is 20.1 Å². The summed E-state index contributed by atoms with van der Waals surface area (Å²) in [5.74, 6) is -1.07. The first kappa shape index (κ1) is 27.4. The fraction of sp³-hybridized carbons (Fsp3) is 0.500. The topological polar surface area (TPSA) is 120 Å². The van der Waals surface area contributed by atoms with Gasteiger partial charge in [0.2, 0.25) is 16.9 Å². The van der Waals surface area contributed by atoms with Crippen molar-refractivity contribution in [2.75, 3.05) is 13.2 Å². The van der Waals surface area contributed by atoms with Crippen molar-refractivity contribution in [3.05, 3.63) is 53.4 Å². The lowest BCUT2D eigenvalue weighted by Gasteiger charge is -2.40. The van der Waals surface area contributed by atoms with Crippen LogP contribution in [-0.2, 0) is 14.3 Å². The van der Waals surface area contributed by atoms with E-state index in [4.69, 9.17) is 21.1 Å². The molecule has 1 aliphatic rings. The molecular formula is C26H33ClN4O5. The average molecular weight is 517 g/mol. The Kier molecular flexibility index (Phi) is 10.0. The van der Waals surface area contributed by atoms with E-state index in [1.807, 2.05) is 37.3 Å². The lowest BCUT2D eigenvalue weighted by atomic mass is 9.70. The Labute approximate surface area is 216 Å². The van der Waals surface area contributed by atoms with Crippen LogP contribution in [0.4, 0.5) is 4.79 Å². The van der Waals surface area contributed by atoms with E-state index in [2.05, 4.69) is 20.6 Å². The van der Waals surface area contributed by atoms with Crippen molar-refractivity contribution < 1.29 is 23.9 Å². The second-order valence-electron chi connectivity index (χ2n) is 9.19. The number of hydrogen-bond acceptors (Lipinski definition) is 7. The van der Waals surface area contributed by atoms with Gasteiger partial charge in [-0.05, 0) is 43.4 Å². The Morgan fingerprint density at radius 1 is 1.11 bits per heavy atom. The predicted octanol–water partition coefficient (Wildman–Crippen LogP) is 4.41. The number of rotatable bonds is 13. The number of benzene rings is 1. The van der Waals surface area contributed by atoms with Gasteiger partial charge in [0.15, 0.2) is 0 Å². The summed E-state index contributed by atoms with van der Waals surface area (Å²) in [5, 5.41) is 5.41. The number of unbranched alkanes of at least 4 members (excludes halogenated alkanes) is 1. The molecule has 194 valence electrons. The number of ether oxygens (including phenoxy) is 2. The minimum Gasteiger partial charge on any atom is -0.477 e. The molecule has 1 heterocycles. The Balaban J connectivity index is 1.53. The molecule has 2 aromatic rings. The largest absolute Gasteiger partial charge is 0.477 e. The zero-order valence-electron chi connectivity index (χ0n) is 20.7. The van der Waals surface area contributed by atoms with E-state index in [1.165, 1.54) is 6.20 Å². The summed E-state index contributed by atoms with van der Waals surface area (Å²) in [6.07, 6.45) is 5.27. The van der Waals surface area contributed by atoms with Gasteiger partial charge in [-0.1, -0.05) is 56.5 Å². The minimum absolute atomic E-state index is 0.0933. The number of hydrogen-bond donors (Lipinski definition) is 2. The van der Waals surface area contributed by atoms with Gasteiger partial charge in [-0.15, -0.1) is 0 Å². The number of carbonyl (C=O) groups is 3. The fourth-order valence-corrected chi connectivity index (χ4v) is 4.10. The van der Waals surface area contributed by atoms with E-state index in [0.29, 0.717) is 25.3 Å². The third kappa shape index (κ3) is 7.91. The Hall–Kier alpha value is -3.20. The molecule has 2 N–H and O–H groups in total. The maximum absolute atomic E-state index is 12.9. The van der Waals surface area contributed by atoms with Crippen molar-refractivity contribution in [1.29, 1.82) is 0 Å². The summed E-state index contributed by atoms with van der Waals surface area (Å²) < 4.78 is 11.2. The Morgan fingerprint density at radius 3 is 2.50 bits per heavy atom. The highest BCUT2D eigenvalue weighted by atomic mass is 35.5. The van der Waals surface area contributed by atoms with Crippen LogP contribution in [0.5, 0.6) is 5.88 Å². The molecule has 0 bridgehead atoms. The number of Topliss-reactive ketones (excluding diaryl/α,β-unsaturated/α-hetero) is 1. The molecule has 10 heteroatoms. The normalized spacial score (nSPS) is 15.6. The van der Waals surface area contributed by atoms with Gasteiger partial charge in [-0.2, -0.15) is 4.98 Å². The van der Waals surface area contributed by atoms with Crippen molar-refractivity contribution in [2.24, 2.45) is 5.41 Å². The number of ketones is 1. The molecule has 0 unspecified atom stereocenters. The van der Waals surface area contributed by atoms with E-state index in [1.54, 1.807) is 13.0 Å². The van der Waals surface area contributed by atoms with Gasteiger partial charge >= 0.3 is 6.09 Å². The summed E-state index contributed by atoms with van der Waals surface area (Å²) in [6, 6.07) is 9.66. The van der Waals surface area contributed by atoms with Crippen LogP contribution in [-0.4, -0.2) is 47.0 Å². The molecule has 0 saturated heterocycles. The molecule has 2 amide bonds.